The van der Waals surface area contributed by atoms with Gasteiger partial charge in [-0.3, -0.25) is 9.59 Å². The quantitative estimate of drug-likeness (QED) is 0.694. The van der Waals surface area contributed by atoms with E-state index in [0.29, 0.717) is 0 Å². The van der Waals surface area contributed by atoms with Gasteiger partial charge in [-0.2, -0.15) is 13.2 Å². The van der Waals surface area contributed by atoms with Crippen molar-refractivity contribution in [3.63, 3.8) is 0 Å². The van der Waals surface area contributed by atoms with Crippen LogP contribution in [0.5, 0.6) is 0 Å². The zero-order valence-electron chi connectivity index (χ0n) is 6.52. The maximum atomic E-state index is 11.5. The third-order valence-electron chi connectivity index (χ3n) is 1.07. The molecule has 0 atom stereocenters. The molecule has 0 saturated heterocycles. The highest BCUT2D eigenvalue weighted by atomic mass is 19.4. The van der Waals surface area contributed by atoms with E-state index < -0.39 is 37.4 Å². The van der Waals surface area contributed by atoms with Crippen molar-refractivity contribution in [1.82, 2.24) is 5.32 Å². The number of aliphatic carboxylic acids is 1. The summed E-state index contributed by atoms with van der Waals surface area (Å²) < 4.78 is 34.6. The lowest BCUT2D eigenvalue weighted by atomic mass is 10.3. The van der Waals surface area contributed by atoms with Crippen molar-refractivity contribution in [2.45, 2.75) is 19.0 Å². The first-order valence-electron chi connectivity index (χ1n) is 3.36. The number of amides is 1. The maximum absolute atomic E-state index is 11.5. The van der Waals surface area contributed by atoms with Gasteiger partial charge in [0.2, 0.25) is 5.91 Å². The van der Waals surface area contributed by atoms with Crippen LogP contribution in [0.4, 0.5) is 13.2 Å². The van der Waals surface area contributed by atoms with Crippen LogP contribution in [0.15, 0.2) is 0 Å². The van der Waals surface area contributed by atoms with Gasteiger partial charge in [-0.15, -0.1) is 0 Å². The normalized spacial score (nSPS) is 11.0. The van der Waals surface area contributed by atoms with Gasteiger partial charge in [0, 0.05) is 6.42 Å². The third-order valence-corrected chi connectivity index (χ3v) is 1.07. The second-order valence-corrected chi connectivity index (χ2v) is 2.29. The summed E-state index contributed by atoms with van der Waals surface area (Å²) in [5.41, 5.74) is 0. The van der Waals surface area contributed by atoms with Crippen molar-refractivity contribution in [2.24, 2.45) is 0 Å². The highest BCUT2D eigenvalue weighted by Crippen LogP contribution is 2.20. The zero-order valence-corrected chi connectivity index (χ0v) is 6.52. The lowest BCUT2D eigenvalue weighted by Crippen LogP contribution is -2.30. The van der Waals surface area contributed by atoms with Gasteiger partial charge in [0.25, 0.3) is 0 Å². The molecule has 0 aromatic heterocycles. The van der Waals surface area contributed by atoms with Crippen molar-refractivity contribution in [1.29, 1.82) is 0 Å². The summed E-state index contributed by atoms with van der Waals surface area (Å²) in [6.07, 6.45) is -6.37. The number of halogens is 3. The summed E-state index contributed by atoms with van der Waals surface area (Å²) in [5.74, 6) is -2.21. The number of hydrogen-bond donors (Lipinski definition) is 2. The molecule has 0 unspecified atom stereocenters. The van der Waals surface area contributed by atoms with Crippen LogP contribution in [0.25, 0.3) is 0 Å². The molecule has 0 saturated carbocycles. The fourth-order valence-electron chi connectivity index (χ4n) is 0.518. The highest BCUT2D eigenvalue weighted by Gasteiger charge is 2.27. The molecule has 0 aliphatic heterocycles. The molecule has 2 N–H and O–H groups in total. The van der Waals surface area contributed by atoms with E-state index in [9.17, 15) is 22.8 Å². The van der Waals surface area contributed by atoms with E-state index in [-0.39, 0.29) is 0 Å². The number of nitrogens with one attached hydrogen (secondary N) is 1. The Kier molecular flexibility index (Phi) is 4.22. The van der Waals surface area contributed by atoms with Gasteiger partial charge in [0.15, 0.2) is 0 Å². The van der Waals surface area contributed by atoms with Crippen molar-refractivity contribution in [3.8, 4) is 0 Å². The van der Waals surface area contributed by atoms with Gasteiger partial charge in [0.05, 0.1) is 6.42 Å². The highest BCUT2D eigenvalue weighted by molar-refractivity contribution is 5.81. The fraction of sp³-hybridized carbons (Fsp3) is 0.667. The summed E-state index contributed by atoms with van der Waals surface area (Å²) in [5, 5.41) is 9.87. The van der Waals surface area contributed by atoms with Crippen LogP contribution in [-0.4, -0.2) is 29.7 Å². The van der Waals surface area contributed by atoms with Crippen LogP contribution in [-0.2, 0) is 9.59 Å². The fourth-order valence-corrected chi connectivity index (χ4v) is 0.518. The first-order chi connectivity index (χ1) is 5.81. The van der Waals surface area contributed by atoms with Gasteiger partial charge >= 0.3 is 12.1 Å². The number of carbonyl (C=O) groups is 2. The average Bonchev–Trinajstić information content (AvgIpc) is 1.95. The van der Waals surface area contributed by atoms with Crippen LogP contribution in [0.1, 0.15) is 12.8 Å². The summed E-state index contributed by atoms with van der Waals surface area (Å²) in [7, 11) is 0. The van der Waals surface area contributed by atoms with Gasteiger partial charge in [-0.05, 0) is 0 Å². The number of carboxylic acid groups (broad SMARTS) is 1. The Morgan fingerprint density at radius 1 is 1.31 bits per heavy atom. The van der Waals surface area contributed by atoms with E-state index in [1.807, 2.05) is 5.32 Å². The molecule has 4 nitrogen and oxygen atoms in total. The summed E-state index contributed by atoms with van der Waals surface area (Å²) in [4.78, 5) is 20.4. The Morgan fingerprint density at radius 2 is 1.85 bits per heavy atom. The van der Waals surface area contributed by atoms with Crippen molar-refractivity contribution < 1.29 is 27.9 Å². The molecular weight excluding hydrogens is 191 g/mol. The number of carbonyl (C=O) groups excluding carboxylic acids is 1. The van der Waals surface area contributed by atoms with Gasteiger partial charge in [-0.25, -0.2) is 0 Å². The number of alkyl halides is 3. The van der Waals surface area contributed by atoms with E-state index in [1.54, 1.807) is 0 Å². The average molecular weight is 199 g/mol. The third kappa shape index (κ3) is 8.64. The molecule has 0 aromatic carbocycles. The van der Waals surface area contributed by atoms with E-state index in [0.717, 1.165) is 0 Å². The molecule has 1 amide bonds. The first kappa shape index (κ1) is 11.7. The van der Waals surface area contributed by atoms with Crippen LogP contribution in [0, 0.1) is 0 Å². The molecule has 0 rings (SSSR count). The van der Waals surface area contributed by atoms with Gasteiger partial charge in [-0.1, -0.05) is 0 Å². The molecule has 0 radical (unpaired) electrons. The van der Waals surface area contributed by atoms with Crippen molar-refractivity contribution in [2.75, 3.05) is 6.54 Å². The Morgan fingerprint density at radius 3 is 2.23 bits per heavy atom. The molecule has 13 heavy (non-hydrogen) atoms. The lowest BCUT2D eigenvalue weighted by Gasteiger charge is -2.05. The molecule has 0 bridgehead atoms. The van der Waals surface area contributed by atoms with Crippen LogP contribution >= 0.6 is 0 Å². The minimum absolute atomic E-state index is 0.656. The van der Waals surface area contributed by atoms with E-state index in [2.05, 4.69) is 0 Å². The smallest absolute Gasteiger partial charge is 0.389 e. The Bertz CT molecular complexity index is 202. The van der Waals surface area contributed by atoms with E-state index >= 15 is 0 Å². The monoisotopic (exact) mass is 199 g/mol. The molecule has 7 heteroatoms. The number of carboxylic acids is 1. The summed E-state index contributed by atoms with van der Waals surface area (Å²) in [6.45, 7) is -0.656. The van der Waals surface area contributed by atoms with Crippen LogP contribution in [0.2, 0.25) is 0 Å². The molecular formula is C6H8F3NO3. The molecule has 0 fully saturated rings. The molecule has 0 heterocycles. The predicted octanol–water partition coefficient (Wildman–Crippen LogP) is 0.530. The van der Waals surface area contributed by atoms with E-state index in [1.165, 1.54) is 0 Å². The SMILES string of the molecule is O=C(O)CNC(=O)CCC(F)(F)F. The maximum Gasteiger partial charge on any atom is 0.389 e. The first-order valence-corrected chi connectivity index (χ1v) is 3.36. The van der Waals surface area contributed by atoms with Gasteiger partial charge < -0.3 is 10.4 Å². The lowest BCUT2D eigenvalue weighted by molar-refractivity contribution is -0.145. The number of rotatable bonds is 4. The topological polar surface area (TPSA) is 66.4 Å². The molecule has 0 aliphatic carbocycles. The van der Waals surface area contributed by atoms with Crippen LogP contribution < -0.4 is 5.32 Å². The van der Waals surface area contributed by atoms with Crippen molar-refractivity contribution >= 4 is 11.9 Å². The molecule has 76 valence electrons. The molecule has 0 spiro atoms. The molecule has 0 aromatic rings. The van der Waals surface area contributed by atoms with Crippen LogP contribution in [0.3, 0.4) is 0 Å². The Hall–Kier alpha value is -1.27. The zero-order chi connectivity index (χ0) is 10.5. The number of hydrogen-bond acceptors (Lipinski definition) is 2. The largest absolute Gasteiger partial charge is 0.480 e. The second kappa shape index (κ2) is 4.68. The standard InChI is InChI=1S/C6H8F3NO3/c7-6(8,9)2-1-4(11)10-3-5(12)13/h1-3H2,(H,10,11)(H,12,13). The minimum Gasteiger partial charge on any atom is -0.480 e. The predicted molar refractivity (Wildman–Crippen MR) is 35.9 cm³/mol. The van der Waals surface area contributed by atoms with Gasteiger partial charge in [0.1, 0.15) is 6.54 Å². The summed E-state index contributed by atoms with van der Waals surface area (Å²) in [6, 6.07) is 0. The second-order valence-electron chi connectivity index (χ2n) is 2.29. The minimum atomic E-state index is -4.39. The van der Waals surface area contributed by atoms with Crippen molar-refractivity contribution in [3.05, 3.63) is 0 Å². The Balaban J connectivity index is 3.58. The Labute approximate surface area is 71.7 Å². The van der Waals surface area contributed by atoms with E-state index in [4.69, 9.17) is 5.11 Å². The summed E-state index contributed by atoms with van der Waals surface area (Å²) >= 11 is 0. The molecule has 0 aliphatic rings.